The number of nitrogens with zero attached hydrogens (tertiary/aromatic N) is 4. The first-order valence-corrected chi connectivity index (χ1v) is 10.8. The minimum absolute atomic E-state index is 0.112. The second-order valence-electron chi connectivity index (χ2n) is 6.69. The van der Waals surface area contributed by atoms with E-state index in [2.05, 4.69) is 25.7 Å². The Labute approximate surface area is 187 Å². The summed E-state index contributed by atoms with van der Waals surface area (Å²) in [6, 6.07) is 14.8. The molecule has 0 radical (unpaired) electrons. The van der Waals surface area contributed by atoms with Gasteiger partial charge in [0.15, 0.2) is 5.82 Å². The fraction of sp³-hybridized carbons (Fsp3) is 0.190. The number of hydrogen-bond donors (Lipinski definition) is 1. The van der Waals surface area contributed by atoms with Crippen molar-refractivity contribution in [2.75, 3.05) is 5.32 Å². The van der Waals surface area contributed by atoms with Crippen molar-refractivity contribution in [2.45, 2.75) is 30.7 Å². The first kappa shape index (κ1) is 21.1. The molecular formula is C21H18ClN5O3S. The number of aromatic nitrogens is 4. The maximum atomic E-state index is 12.1. The molecule has 2 aromatic carbocycles. The minimum atomic E-state index is -0.112. The van der Waals surface area contributed by atoms with Gasteiger partial charge in [-0.2, -0.15) is 4.98 Å². The molecule has 0 saturated carbocycles. The monoisotopic (exact) mass is 455 g/mol. The van der Waals surface area contributed by atoms with Crippen LogP contribution in [-0.2, 0) is 17.0 Å². The van der Waals surface area contributed by atoms with Crippen molar-refractivity contribution in [1.82, 2.24) is 20.3 Å². The average molecular weight is 456 g/mol. The molecule has 0 saturated heterocycles. The lowest BCUT2D eigenvalue weighted by molar-refractivity contribution is -0.116. The van der Waals surface area contributed by atoms with E-state index in [-0.39, 0.29) is 12.3 Å². The van der Waals surface area contributed by atoms with Crippen LogP contribution in [0.15, 0.2) is 62.7 Å². The topological polar surface area (TPSA) is 107 Å². The van der Waals surface area contributed by atoms with Crippen LogP contribution in [0.25, 0.3) is 11.5 Å². The molecule has 0 spiro atoms. The normalized spacial score (nSPS) is 10.9. The average Bonchev–Trinajstić information content (AvgIpc) is 3.42. The van der Waals surface area contributed by atoms with E-state index in [1.807, 2.05) is 43.3 Å². The number of carbonyl (C=O) groups excluding carboxylic acids is 1. The predicted octanol–water partition coefficient (Wildman–Crippen LogP) is 4.95. The number of carbonyl (C=O) groups is 1. The highest BCUT2D eigenvalue weighted by atomic mass is 35.5. The van der Waals surface area contributed by atoms with Gasteiger partial charge in [0.25, 0.3) is 5.22 Å². The van der Waals surface area contributed by atoms with E-state index in [4.69, 9.17) is 20.5 Å². The van der Waals surface area contributed by atoms with Crippen molar-refractivity contribution in [3.05, 3.63) is 70.8 Å². The number of aryl methyl sites for hydroxylation is 2. The zero-order valence-electron chi connectivity index (χ0n) is 16.5. The zero-order chi connectivity index (χ0) is 21.6. The largest absolute Gasteiger partial charge is 0.411 e. The maximum Gasteiger partial charge on any atom is 0.277 e. The van der Waals surface area contributed by atoms with Crippen LogP contribution < -0.4 is 5.32 Å². The molecule has 0 fully saturated rings. The van der Waals surface area contributed by atoms with Crippen LogP contribution >= 0.6 is 23.4 Å². The van der Waals surface area contributed by atoms with Crippen LogP contribution in [0.5, 0.6) is 0 Å². The van der Waals surface area contributed by atoms with Gasteiger partial charge < -0.3 is 14.3 Å². The van der Waals surface area contributed by atoms with Gasteiger partial charge in [-0.1, -0.05) is 46.2 Å². The number of benzene rings is 2. The molecule has 4 rings (SSSR count). The minimum Gasteiger partial charge on any atom is -0.411 e. The standard InChI is InChI=1S/C21H18ClN5O3S/c1-13-2-8-16(9-3-13)23-18(28)10-11-19-24-17(27-30-19)12-31-21-26-25-20(29-21)14-4-6-15(22)7-5-14/h2-9H,10-12H2,1H3,(H,23,28). The third-order valence-electron chi connectivity index (χ3n) is 4.23. The second-order valence-corrected chi connectivity index (χ2v) is 8.05. The molecule has 0 unspecified atom stereocenters. The van der Waals surface area contributed by atoms with Crippen LogP contribution in [0, 0.1) is 6.92 Å². The Hall–Kier alpha value is -3.17. The fourth-order valence-electron chi connectivity index (χ4n) is 2.63. The van der Waals surface area contributed by atoms with Gasteiger partial charge in [-0.15, -0.1) is 10.2 Å². The quantitative estimate of drug-likeness (QED) is 0.372. The molecule has 2 aromatic heterocycles. The Morgan fingerprint density at radius 3 is 2.65 bits per heavy atom. The van der Waals surface area contributed by atoms with Gasteiger partial charge in [0, 0.05) is 29.1 Å². The van der Waals surface area contributed by atoms with Gasteiger partial charge in [0.1, 0.15) is 0 Å². The number of anilines is 1. The molecule has 0 bridgehead atoms. The van der Waals surface area contributed by atoms with E-state index in [9.17, 15) is 4.79 Å². The Morgan fingerprint density at radius 1 is 1.10 bits per heavy atom. The number of thioether (sulfide) groups is 1. The molecular weight excluding hydrogens is 438 g/mol. The first-order chi connectivity index (χ1) is 15.0. The summed E-state index contributed by atoms with van der Waals surface area (Å²) in [6.45, 7) is 1.99. The van der Waals surface area contributed by atoms with E-state index >= 15 is 0 Å². The molecule has 10 heteroatoms. The SMILES string of the molecule is Cc1ccc(NC(=O)CCc2nc(CSc3nnc(-c4ccc(Cl)cc4)o3)no2)cc1. The van der Waals surface area contributed by atoms with E-state index < -0.39 is 0 Å². The summed E-state index contributed by atoms with van der Waals surface area (Å²) >= 11 is 7.19. The lowest BCUT2D eigenvalue weighted by Gasteiger charge is -2.04. The number of hydrogen-bond acceptors (Lipinski definition) is 8. The highest BCUT2D eigenvalue weighted by Gasteiger charge is 2.13. The number of halogens is 1. The summed E-state index contributed by atoms with van der Waals surface area (Å²) in [5.41, 5.74) is 2.68. The lowest BCUT2D eigenvalue weighted by Crippen LogP contribution is -2.12. The van der Waals surface area contributed by atoms with Crippen LogP contribution in [0.1, 0.15) is 23.7 Å². The van der Waals surface area contributed by atoms with Crippen molar-refractivity contribution < 1.29 is 13.7 Å². The van der Waals surface area contributed by atoms with Crippen LogP contribution in [0.3, 0.4) is 0 Å². The number of rotatable bonds is 8. The number of nitrogens with one attached hydrogen (secondary N) is 1. The van der Waals surface area contributed by atoms with Crippen molar-refractivity contribution in [2.24, 2.45) is 0 Å². The van der Waals surface area contributed by atoms with Gasteiger partial charge in [0.05, 0.1) is 5.75 Å². The predicted molar refractivity (Wildman–Crippen MR) is 117 cm³/mol. The van der Waals surface area contributed by atoms with Crippen molar-refractivity contribution in [1.29, 1.82) is 0 Å². The van der Waals surface area contributed by atoms with Crippen LogP contribution in [0.4, 0.5) is 5.69 Å². The Bertz CT molecular complexity index is 1160. The molecule has 158 valence electrons. The van der Waals surface area contributed by atoms with Crippen LogP contribution in [-0.4, -0.2) is 26.2 Å². The highest BCUT2D eigenvalue weighted by molar-refractivity contribution is 7.98. The summed E-state index contributed by atoms with van der Waals surface area (Å²) < 4.78 is 10.9. The molecule has 0 atom stereocenters. The van der Waals surface area contributed by atoms with Crippen molar-refractivity contribution in [3.8, 4) is 11.5 Å². The van der Waals surface area contributed by atoms with E-state index in [1.165, 1.54) is 11.8 Å². The Kier molecular flexibility index (Phi) is 6.63. The fourth-order valence-corrected chi connectivity index (χ4v) is 3.37. The first-order valence-electron chi connectivity index (χ1n) is 9.45. The smallest absolute Gasteiger partial charge is 0.277 e. The summed E-state index contributed by atoms with van der Waals surface area (Å²) in [5, 5.41) is 15.9. The molecule has 1 N–H and O–H groups in total. The van der Waals surface area contributed by atoms with Gasteiger partial charge >= 0.3 is 0 Å². The van der Waals surface area contributed by atoms with Gasteiger partial charge in [-0.25, -0.2) is 0 Å². The molecule has 0 aliphatic rings. The highest BCUT2D eigenvalue weighted by Crippen LogP contribution is 2.26. The molecule has 8 nitrogen and oxygen atoms in total. The van der Waals surface area contributed by atoms with E-state index in [0.717, 1.165) is 16.8 Å². The molecule has 0 aliphatic carbocycles. The van der Waals surface area contributed by atoms with Gasteiger partial charge in [-0.05, 0) is 43.3 Å². The summed E-state index contributed by atoms with van der Waals surface area (Å²) in [5.74, 6) is 1.60. The summed E-state index contributed by atoms with van der Waals surface area (Å²) in [6.07, 6.45) is 0.605. The van der Waals surface area contributed by atoms with Gasteiger partial charge in [0.2, 0.25) is 17.7 Å². The second kappa shape index (κ2) is 9.76. The Balaban J connectivity index is 1.25. The molecule has 2 heterocycles. The van der Waals surface area contributed by atoms with Crippen molar-refractivity contribution in [3.63, 3.8) is 0 Å². The molecule has 4 aromatic rings. The Morgan fingerprint density at radius 2 is 1.87 bits per heavy atom. The zero-order valence-corrected chi connectivity index (χ0v) is 18.1. The third kappa shape index (κ3) is 5.93. The summed E-state index contributed by atoms with van der Waals surface area (Å²) in [4.78, 5) is 16.4. The van der Waals surface area contributed by atoms with Crippen LogP contribution in [0.2, 0.25) is 5.02 Å². The molecule has 31 heavy (non-hydrogen) atoms. The molecule has 1 amide bonds. The summed E-state index contributed by atoms with van der Waals surface area (Å²) in [7, 11) is 0. The molecule has 0 aliphatic heterocycles. The van der Waals surface area contributed by atoms with E-state index in [0.29, 0.717) is 40.0 Å². The van der Waals surface area contributed by atoms with Gasteiger partial charge in [-0.3, -0.25) is 4.79 Å². The maximum absolute atomic E-state index is 12.1. The lowest BCUT2D eigenvalue weighted by atomic mass is 10.2. The van der Waals surface area contributed by atoms with Crippen molar-refractivity contribution >= 4 is 35.0 Å². The van der Waals surface area contributed by atoms with E-state index in [1.54, 1.807) is 12.1 Å². The third-order valence-corrected chi connectivity index (χ3v) is 5.30. The number of amides is 1.